The normalized spacial score (nSPS) is 24.2. The van der Waals surface area contributed by atoms with Crippen molar-refractivity contribution in [2.75, 3.05) is 32.7 Å². The van der Waals surface area contributed by atoms with Gasteiger partial charge in [0.25, 0.3) is 0 Å². The molecule has 1 aliphatic heterocycles. The number of likely N-dealkylation sites (tertiary alicyclic amines) is 1. The Morgan fingerprint density at radius 1 is 1.12 bits per heavy atom. The monoisotopic (exact) mass is 224 g/mol. The van der Waals surface area contributed by atoms with Gasteiger partial charge in [-0.25, -0.2) is 0 Å². The van der Waals surface area contributed by atoms with Crippen LogP contribution in [0, 0.1) is 17.8 Å². The zero-order chi connectivity index (χ0) is 11.4. The number of nitrogens with one attached hydrogen (secondary N) is 1. The lowest BCUT2D eigenvalue weighted by Gasteiger charge is -2.33. The van der Waals surface area contributed by atoms with E-state index < -0.39 is 0 Å². The van der Waals surface area contributed by atoms with Crippen LogP contribution in [0.3, 0.4) is 0 Å². The minimum atomic E-state index is 0.884. The van der Waals surface area contributed by atoms with E-state index in [-0.39, 0.29) is 0 Å². The molecular weight excluding hydrogens is 196 g/mol. The Bertz CT molecular complexity index is 191. The molecular formula is C14H28N2. The molecule has 1 heterocycles. The largest absolute Gasteiger partial charge is 0.315 e. The molecule has 0 bridgehead atoms. The lowest BCUT2D eigenvalue weighted by atomic mass is 9.87. The molecule has 0 aromatic heterocycles. The second-order valence-corrected chi connectivity index (χ2v) is 6.07. The lowest BCUT2D eigenvalue weighted by molar-refractivity contribution is 0.158. The molecule has 0 aromatic carbocycles. The van der Waals surface area contributed by atoms with Crippen LogP contribution in [0.15, 0.2) is 0 Å². The molecule has 94 valence electrons. The number of hydrogen-bond acceptors (Lipinski definition) is 2. The van der Waals surface area contributed by atoms with Gasteiger partial charge in [-0.15, -0.1) is 0 Å². The van der Waals surface area contributed by atoms with Gasteiger partial charge < -0.3 is 10.2 Å². The first kappa shape index (κ1) is 12.4. The van der Waals surface area contributed by atoms with Crippen LogP contribution in [0.5, 0.6) is 0 Å². The maximum absolute atomic E-state index is 3.59. The average Bonchev–Trinajstić information content (AvgIpc) is 3.09. The summed E-state index contributed by atoms with van der Waals surface area (Å²) in [5.41, 5.74) is 0. The van der Waals surface area contributed by atoms with Crippen molar-refractivity contribution in [3.05, 3.63) is 0 Å². The molecule has 0 spiro atoms. The Morgan fingerprint density at radius 3 is 2.38 bits per heavy atom. The van der Waals surface area contributed by atoms with Crippen molar-refractivity contribution >= 4 is 0 Å². The summed E-state index contributed by atoms with van der Waals surface area (Å²) >= 11 is 0. The molecule has 1 aliphatic carbocycles. The third kappa shape index (κ3) is 4.06. The van der Waals surface area contributed by atoms with Gasteiger partial charge in [-0.1, -0.05) is 13.8 Å². The molecule has 0 unspecified atom stereocenters. The van der Waals surface area contributed by atoms with Gasteiger partial charge in [0.05, 0.1) is 0 Å². The molecule has 1 N–H and O–H groups in total. The molecule has 2 aliphatic rings. The molecule has 2 rings (SSSR count). The highest BCUT2D eigenvalue weighted by Gasteiger charge is 2.22. The van der Waals surface area contributed by atoms with E-state index in [1.165, 1.54) is 58.4 Å². The number of nitrogens with zero attached hydrogens (tertiary/aromatic N) is 1. The SMILES string of the molecule is CC(C)C1CCN(CCNCC2CC2)CC1. The maximum atomic E-state index is 3.59. The predicted molar refractivity (Wildman–Crippen MR) is 69.6 cm³/mol. The van der Waals surface area contributed by atoms with Crippen molar-refractivity contribution in [3.63, 3.8) is 0 Å². The summed E-state index contributed by atoms with van der Waals surface area (Å²) in [6.07, 6.45) is 5.76. The molecule has 0 atom stereocenters. The van der Waals surface area contributed by atoms with Crippen LogP contribution in [0.2, 0.25) is 0 Å². The van der Waals surface area contributed by atoms with Gasteiger partial charge in [-0.05, 0) is 63.1 Å². The van der Waals surface area contributed by atoms with Crippen LogP contribution in [-0.2, 0) is 0 Å². The second kappa shape index (κ2) is 6.02. The third-order valence-corrected chi connectivity index (χ3v) is 4.31. The first-order valence-corrected chi connectivity index (χ1v) is 7.19. The van der Waals surface area contributed by atoms with Crippen LogP contribution in [-0.4, -0.2) is 37.6 Å². The van der Waals surface area contributed by atoms with Crippen molar-refractivity contribution < 1.29 is 0 Å². The zero-order valence-corrected chi connectivity index (χ0v) is 11.0. The highest BCUT2D eigenvalue weighted by atomic mass is 15.1. The molecule has 0 amide bonds. The molecule has 0 aromatic rings. The van der Waals surface area contributed by atoms with Gasteiger partial charge in [-0.3, -0.25) is 0 Å². The van der Waals surface area contributed by atoms with Gasteiger partial charge in [0, 0.05) is 13.1 Å². The predicted octanol–water partition coefficient (Wildman–Crippen LogP) is 2.35. The average molecular weight is 224 g/mol. The van der Waals surface area contributed by atoms with Gasteiger partial charge >= 0.3 is 0 Å². The molecule has 1 saturated carbocycles. The second-order valence-electron chi connectivity index (χ2n) is 6.07. The summed E-state index contributed by atoms with van der Waals surface area (Å²) in [7, 11) is 0. The minimum absolute atomic E-state index is 0.884. The fourth-order valence-electron chi connectivity index (χ4n) is 2.71. The van der Waals surface area contributed by atoms with Gasteiger partial charge in [0.15, 0.2) is 0 Å². The van der Waals surface area contributed by atoms with Crippen LogP contribution in [0.1, 0.15) is 39.5 Å². The van der Waals surface area contributed by atoms with Crippen molar-refractivity contribution in [3.8, 4) is 0 Å². The van der Waals surface area contributed by atoms with E-state index in [4.69, 9.17) is 0 Å². The van der Waals surface area contributed by atoms with Gasteiger partial charge in [-0.2, -0.15) is 0 Å². The Morgan fingerprint density at radius 2 is 1.81 bits per heavy atom. The Kier molecular flexibility index (Phi) is 4.66. The highest BCUT2D eigenvalue weighted by molar-refractivity contribution is 4.77. The van der Waals surface area contributed by atoms with E-state index in [0.717, 1.165) is 17.8 Å². The minimum Gasteiger partial charge on any atom is -0.315 e. The molecule has 16 heavy (non-hydrogen) atoms. The highest BCUT2D eigenvalue weighted by Crippen LogP contribution is 2.27. The Balaban J connectivity index is 1.50. The van der Waals surface area contributed by atoms with Crippen molar-refractivity contribution in [1.29, 1.82) is 0 Å². The number of rotatable bonds is 6. The molecule has 2 fully saturated rings. The lowest BCUT2D eigenvalue weighted by Crippen LogP contribution is -2.39. The molecule has 2 heteroatoms. The number of hydrogen-bond donors (Lipinski definition) is 1. The summed E-state index contributed by atoms with van der Waals surface area (Å²) < 4.78 is 0. The van der Waals surface area contributed by atoms with Crippen LogP contribution in [0.4, 0.5) is 0 Å². The van der Waals surface area contributed by atoms with E-state index in [9.17, 15) is 0 Å². The van der Waals surface area contributed by atoms with Crippen LogP contribution < -0.4 is 5.32 Å². The fraction of sp³-hybridized carbons (Fsp3) is 1.00. The molecule has 1 saturated heterocycles. The van der Waals surface area contributed by atoms with Gasteiger partial charge in [0.1, 0.15) is 0 Å². The van der Waals surface area contributed by atoms with E-state index in [1.807, 2.05) is 0 Å². The van der Waals surface area contributed by atoms with Gasteiger partial charge in [0.2, 0.25) is 0 Å². The van der Waals surface area contributed by atoms with Crippen LogP contribution in [0.25, 0.3) is 0 Å². The quantitative estimate of drug-likeness (QED) is 0.697. The number of piperidine rings is 1. The molecule has 0 radical (unpaired) electrons. The van der Waals surface area contributed by atoms with Crippen molar-refractivity contribution in [2.24, 2.45) is 17.8 Å². The Labute approximate surface area is 101 Å². The first-order chi connectivity index (χ1) is 7.75. The summed E-state index contributed by atoms with van der Waals surface area (Å²) in [4.78, 5) is 2.64. The van der Waals surface area contributed by atoms with Crippen molar-refractivity contribution in [1.82, 2.24) is 10.2 Å². The topological polar surface area (TPSA) is 15.3 Å². The zero-order valence-electron chi connectivity index (χ0n) is 11.0. The van der Waals surface area contributed by atoms with E-state index in [1.54, 1.807) is 0 Å². The summed E-state index contributed by atoms with van der Waals surface area (Å²) in [6, 6.07) is 0. The Hall–Kier alpha value is -0.0800. The van der Waals surface area contributed by atoms with Crippen molar-refractivity contribution in [2.45, 2.75) is 39.5 Å². The summed E-state index contributed by atoms with van der Waals surface area (Å²) in [5, 5.41) is 3.59. The summed E-state index contributed by atoms with van der Waals surface area (Å²) in [6.45, 7) is 11.1. The standard InChI is InChI=1S/C14H28N2/c1-12(2)14-5-8-16(9-6-14)10-7-15-11-13-3-4-13/h12-15H,3-11H2,1-2H3. The maximum Gasteiger partial charge on any atom is 0.0107 e. The van der Waals surface area contributed by atoms with Crippen LogP contribution >= 0.6 is 0 Å². The molecule has 2 nitrogen and oxygen atoms in total. The fourth-order valence-corrected chi connectivity index (χ4v) is 2.71. The van der Waals surface area contributed by atoms with E-state index in [2.05, 4.69) is 24.1 Å². The first-order valence-electron chi connectivity index (χ1n) is 7.19. The van der Waals surface area contributed by atoms with E-state index >= 15 is 0 Å². The summed E-state index contributed by atoms with van der Waals surface area (Å²) in [5.74, 6) is 2.89. The van der Waals surface area contributed by atoms with E-state index in [0.29, 0.717) is 0 Å². The third-order valence-electron chi connectivity index (χ3n) is 4.31. The smallest absolute Gasteiger partial charge is 0.0107 e.